The molecule has 0 unspecified atom stereocenters. The Bertz CT molecular complexity index is 256. The predicted octanol–water partition coefficient (Wildman–Crippen LogP) is 1.17. The van der Waals surface area contributed by atoms with E-state index in [-0.39, 0.29) is 5.91 Å². The molecule has 13 heavy (non-hydrogen) atoms. The van der Waals surface area contributed by atoms with Gasteiger partial charge in [0.1, 0.15) is 0 Å². The summed E-state index contributed by atoms with van der Waals surface area (Å²) in [6, 6.07) is 3.39. The van der Waals surface area contributed by atoms with Crippen molar-refractivity contribution in [1.82, 2.24) is 15.5 Å². The molecule has 0 spiro atoms. The largest absolute Gasteiger partial charge is 0.354 e. The van der Waals surface area contributed by atoms with Gasteiger partial charge in [-0.3, -0.25) is 4.79 Å². The van der Waals surface area contributed by atoms with Crippen LogP contribution in [0.4, 0.5) is 0 Å². The molecular weight excluding hydrogens is 166 g/mol. The van der Waals surface area contributed by atoms with E-state index >= 15 is 0 Å². The fourth-order valence-corrected chi connectivity index (χ4v) is 0.648. The lowest BCUT2D eigenvalue weighted by atomic mass is 10.3. The van der Waals surface area contributed by atoms with Crippen molar-refractivity contribution in [2.75, 3.05) is 7.05 Å². The molecular formula is C9H15N3O. The molecule has 0 aliphatic rings. The van der Waals surface area contributed by atoms with E-state index in [0.717, 1.165) is 5.69 Å². The Kier molecular flexibility index (Phi) is 5.43. The number of hydrogen-bond donors (Lipinski definition) is 1. The molecule has 0 bridgehead atoms. The number of rotatable bonds is 1. The maximum absolute atomic E-state index is 10.9. The quantitative estimate of drug-likeness (QED) is 0.707. The highest BCUT2D eigenvalue weighted by atomic mass is 16.1. The van der Waals surface area contributed by atoms with Crippen molar-refractivity contribution >= 4 is 5.91 Å². The van der Waals surface area contributed by atoms with Crippen LogP contribution in [0.25, 0.3) is 0 Å². The van der Waals surface area contributed by atoms with Gasteiger partial charge in [0.05, 0.1) is 5.69 Å². The van der Waals surface area contributed by atoms with E-state index in [0.29, 0.717) is 5.69 Å². The number of nitrogens with one attached hydrogen (secondary N) is 1. The molecule has 1 amide bonds. The molecule has 0 saturated heterocycles. The number of amides is 1. The van der Waals surface area contributed by atoms with Crippen LogP contribution in [-0.4, -0.2) is 23.2 Å². The zero-order valence-corrected chi connectivity index (χ0v) is 8.46. The van der Waals surface area contributed by atoms with Crippen LogP contribution in [0, 0.1) is 6.92 Å². The lowest BCUT2D eigenvalue weighted by Crippen LogP contribution is -2.19. The molecule has 4 heteroatoms. The van der Waals surface area contributed by atoms with Crippen molar-refractivity contribution in [2.45, 2.75) is 20.8 Å². The lowest BCUT2D eigenvalue weighted by molar-refractivity contribution is 0.0957. The minimum absolute atomic E-state index is 0.211. The number of hydrogen-bond acceptors (Lipinski definition) is 3. The molecule has 1 aromatic heterocycles. The summed E-state index contributed by atoms with van der Waals surface area (Å²) >= 11 is 0. The number of carbonyl (C=O) groups is 1. The normalized spacial score (nSPS) is 8.31. The number of nitrogens with zero attached hydrogens (tertiary/aromatic N) is 2. The third kappa shape index (κ3) is 3.64. The smallest absolute Gasteiger partial charge is 0.271 e. The summed E-state index contributed by atoms with van der Waals surface area (Å²) in [5.74, 6) is -0.211. The standard InChI is InChI=1S/C7H9N3O.C2H6/c1-5-3-4-6(10-9-5)7(11)8-2;1-2/h3-4H,1-2H3,(H,8,11);1-2H3. The first-order valence-electron chi connectivity index (χ1n) is 4.26. The molecule has 0 aliphatic heterocycles. The molecule has 0 saturated carbocycles. The summed E-state index contributed by atoms with van der Waals surface area (Å²) in [6.07, 6.45) is 0. The maximum atomic E-state index is 10.9. The fraction of sp³-hybridized carbons (Fsp3) is 0.444. The monoisotopic (exact) mass is 181 g/mol. The Morgan fingerprint density at radius 2 is 1.92 bits per heavy atom. The van der Waals surface area contributed by atoms with Gasteiger partial charge in [0, 0.05) is 7.05 Å². The van der Waals surface area contributed by atoms with Crippen molar-refractivity contribution in [3.63, 3.8) is 0 Å². The van der Waals surface area contributed by atoms with Crippen LogP contribution in [0.2, 0.25) is 0 Å². The lowest BCUT2D eigenvalue weighted by Gasteiger charge is -1.96. The molecule has 0 aliphatic carbocycles. The Hall–Kier alpha value is -1.45. The van der Waals surface area contributed by atoms with Crippen molar-refractivity contribution in [1.29, 1.82) is 0 Å². The Morgan fingerprint density at radius 3 is 2.31 bits per heavy atom. The second-order valence-electron chi connectivity index (χ2n) is 2.14. The van der Waals surface area contributed by atoms with Crippen LogP contribution in [0.15, 0.2) is 12.1 Å². The minimum atomic E-state index is -0.211. The van der Waals surface area contributed by atoms with Gasteiger partial charge in [-0.15, -0.1) is 5.10 Å². The van der Waals surface area contributed by atoms with Crippen LogP contribution < -0.4 is 5.32 Å². The van der Waals surface area contributed by atoms with Crippen molar-refractivity contribution in [3.05, 3.63) is 23.5 Å². The van der Waals surface area contributed by atoms with Gasteiger partial charge in [-0.1, -0.05) is 13.8 Å². The average molecular weight is 181 g/mol. The van der Waals surface area contributed by atoms with Gasteiger partial charge in [0.2, 0.25) is 0 Å². The Labute approximate surface area is 78.4 Å². The zero-order valence-electron chi connectivity index (χ0n) is 8.46. The molecule has 1 rings (SSSR count). The third-order valence-electron chi connectivity index (χ3n) is 1.26. The first kappa shape index (κ1) is 11.6. The average Bonchev–Trinajstić information content (AvgIpc) is 2.21. The molecule has 0 fully saturated rings. The highest BCUT2D eigenvalue weighted by Crippen LogP contribution is 1.93. The van der Waals surface area contributed by atoms with Crippen molar-refractivity contribution in [3.8, 4) is 0 Å². The summed E-state index contributed by atoms with van der Waals surface area (Å²) < 4.78 is 0. The third-order valence-corrected chi connectivity index (χ3v) is 1.26. The molecule has 1 N–H and O–H groups in total. The maximum Gasteiger partial charge on any atom is 0.271 e. The van der Waals surface area contributed by atoms with Gasteiger partial charge in [0.15, 0.2) is 5.69 Å². The highest BCUT2D eigenvalue weighted by Gasteiger charge is 2.02. The summed E-state index contributed by atoms with van der Waals surface area (Å²) in [5, 5.41) is 9.88. The van der Waals surface area contributed by atoms with E-state index in [4.69, 9.17) is 0 Å². The number of aryl methyl sites for hydroxylation is 1. The summed E-state index contributed by atoms with van der Waals surface area (Å²) in [5.41, 5.74) is 1.15. The molecule has 0 aromatic carbocycles. The SMILES string of the molecule is CC.CNC(=O)c1ccc(C)nn1. The Morgan fingerprint density at radius 1 is 1.31 bits per heavy atom. The number of carbonyl (C=O) groups excluding carboxylic acids is 1. The number of aromatic nitrogens is 2. The minimum Gasteiger partial charge on any atom is -0.354 e. The van der Waals surface area contributed by atoms with Crippen LogP contribution in [0.3, 0.4) is 0 Å². The zero-order chi connectivity index (χ0) is 10.3. The summed E-state index contributed by atoms with van der Waals surface area (Å²) in [7, 11) is 1.56. The second kappa shape index (κ2) is 6.11. The van der Waals surface area contributed by atoms with Gasteiger partial charge in [-0.05, 0) is 19.1 Å². The summed E-state index contributed by atoms with van der Waals surface area (Å²) in [4.78, 5) is 10.9. The van der Waals surface area contributed by atoms with Gasteiger partial charge in [-0.2, -0.15) is 5.10 Å². The predicted molar refractivity (Wildman–Crippen MR) is 51.5 cm³/mol. The summed E-state index contributed by atoms with van der Waals surface area (Å²) in [6.45, 7) is 5.82. The highest BCUT2D eigenvalue weighted by molar-refractivity contribution is 5.91. The molecule has 0 radical (unpaired) electrons. The van der Waals surface area contributed by atoms with Crippen LogP contribution >= 0.6 is 0 Å². The van der Waals surface area contributed by atoms with E-state index in [9.17, 15) is 4.79 Å². The van der Waals surface area contributed by atoms with Gasteiger partial charge in [0.25, 0.3) is 5.91 Å². The van der Waals surface area contributed by atoms with E-state index in [1.54, 1.807) is 19.2 Å². The molecule has 4 nitrogen and oxygen atoms in total. The van der Waals surface area contributed by atoms with Crippen molar-refractivity contribution < 1.29 is 4.79 Å². The second-order valence-corrected chi connectivity index (χ2v) is 2.14. The van der Waals surface area contributed by atoms with Gasteiger partial charge < -0.3 is 5.32 Å². The molecule has 1 heterocycles. The Balaban J connectivity index is 0.000000671. The van der Waals surface area contributed by atoms with Crippen molar-refractivity contribution in [2.24, 2.45) is 0 Å². The van der Waals surface area contributed by atoms with E-state index in [1.807, 2.05) is 20.8 Å². The van der Waals surface area contributed by atoms with E-state index < -0.39 is 0 Å². The fourth-order valence-electron chi connectivity index (χ4n) is 0.648. The van der Waals surface area contributed by atoms with Crippen LogP contribution in [-0.2, 0) is 0 Å². The molecule has 72 valence electrons. The molecule has 1 aromatic rings. The van der Waals surface area contributed by atoms with Crippen LogP contribution in [0.1, 0.15) is 30.0 Å². The van der Waals surface area contributed by atoms with E-state index in [1.165, 1.54) is 0 Å². The first-order chi connectivity index (χ1) is 6.24. The molecule has 0 atom stereocenters. The first-order valence-corrected chi connectivity index (χ1v) is 4.26. The van der Waals surface area contributed by atoms with Gasteiger partial charge >= 0.3 is 0 Å². The van der Waals surface area contributed by atoms with E-state index in [2.05, 4.69) is 15.5 Å². The van der Waals surface area contributed by atoms with Gasteiger partial charge in [-0.25, -0.2) is 0 Å². The van der Waals surface area contributed by atoms with Crippen LogP contribution in [0.5, 0.6) is 0 Å². The topological polar surface area (TPSA) is 54.9 Å².